The Kier molecular flexibility index (Phi) is 5.18. The van der Waals surface area contributed by atoms with Gasteiger partial charge in [0, 0.05) is 10.7 Å². The molecule has 0 radical (unpaired) electrons. The summed E-state index contributed by atoms with van der Waals surface area (Å²) in [5.41, 5.74) is 0.619. The minimum atomic E-state index is -0.678. The number of carbonyl (C=O) groups excluding carboxylic acids is 1. The smallest absolute Gasteiger partial charge is 0.325 e. The van der Waals surface area contributed by atoms with Crippen molar-refractivity contribution in [2.45, 2.75) is 11.1 Å². The van der Waals surface area contributed by atoms with Crippen molar-refractivity contribution in [2.24, 2.45) is 0 Å². The third-order valence-corrected chi connectivity index (χ3v) is 6.32. The van der Waals surface area contributed by atoms with E-state index in [0.717, 1.165) is 28.7 Å². The number of amides is 1. The zero-order valence-corrected chi connectivity index (χ0v) is 15.7. The molecule has 7 nitrogen and oxygen atoms in total. The van der Waals surface area contributed by atoms with E-state index in [2.05, 4.69) is 15.3 Å². The van der Waals surface area contributed by atoms with E-state index in [1.54, 1.807) is 18.2 Å². The molecule has 10 heteroatoms. The van der Waals surface area contributed by atoms with Crippen LogP contribution in [0.4, 0.5) is 5.69 Å². The monoisotopic (exact) mass is 406 g/mol. The van der Waals surface area contributed by atoms with Gasteiger partial charge in [0.05, 0.1) is 15.5 Å². The molecular formula is C16H11ClN4O3S2. The highest BCUT2D eigenvalue weighted by atomic mass is 35.5. The number of carbonyl (C=O) groups is 1. The number of thiophene rings is 1. The molecule has 0 unspecified atom stereocenters. The second kappa shape index (κ2) is 7.37. The van der Waals surface area contributed by atoms with Gasteiger partial charge in [-0.3, -0.25) is 14.6 Å². The van der Waals surface area contributed by atoms with Gasteiger partial charge < -0.3 is 10.3 Å². The molecule has 1 aromatic carbocycles. The highest BCUT2D eigenvalue weighted by molar-refractivity contribution is 8.02. The van der Waals surface area contributed by atoms with Crippen LogP contribution in [0, 0.1) is 18.3 Å². The van der Waals surface area contributed by atoms with Crippen molar-refractivity contribution < 1.29 is 4.79 Å². The van der Waals surface area contributed by atoms with E-state index in [1.807, 2.05) is 13.0 Å². The van der Waals surface area contributed by atoms with Gasteiger partial charge in [-0.2, -0.15) is 5.26 Å². The second-order valence-corrected chi connectivity index (χ2v) is 7.96. The summed E-state index contributed by atoms with van der Waals surface area (Å²) in [6.07, 6.45) is 0. The summed E-state index contributed by atoms with van der Waals surface area (Å²) < 4.78 is 0.737. The minimum Gasteiger partial charge on any atom is -0.325 e. The maximum atomic E-state index is 12.1. The number of aromatic amines is 2. The lowest BCUT2D eigenvalue weighted by atomic mass is 10.2. The van der Waals surface area contributed by atoms with Gasteiger partial charge in [-0.05, 0) is 24.6 Å². The van der Waals surface area contributed by atoms with Crippen LogP contribution in [-0.4, -0.2) is 21.6 Å². The highest BCUT2D eigenvalue weighted by Crippen LogP contribution is 2.34. The van der Waals surface area contributed by atoms with Crippen molar-refractivity contribution in [3.05, 3.63) is 55.2 Å². The van der Waals surface area contributed by atoms with E-state index in [9.17, 15) is 19.6 Å². The topological polar surface area (TPSA) is 119 Å². The minimum absolute atomic E-state index is 0.0368. The van der Waals surface area contributed by atoms with Crippen LogP contribution in [0.15, 0.2) is 32.0 Å². The molecule has 0 aliphatic rings. The summed E-state index contributed by atoms with van der Waals surface area (Å²) >= 11 is 8.21. The molecule has 132 valence electrons. The van der Waals surface area contributed by atoms with Gasteiger partial charge >= 0.3 is 5.69 Å². The molecule has 0 aliphatic carbocycles. The molecule has 3 N–H and O–H groups in total. The number of halogens is 1. The van der Waals surface area contributed by atoms with Crippen LogP contribution in [0.5, 0.6) is 0 Å². The number of nitrogens with one attached hydrogen (secondary N) is 3. The maximum Gasteiger partial charge on any atom is 0.326 e. The Balaban J connectivity index is 1.79. The van der Waals surface area contributed by atoms with E-state index in [-0.39, 0.29) is 27.4 Å². The average Bonchev–Trinajstić information content (AvgIpc) is 2.94. The van der Waals surface area contributed by atoms with Gasteiger partial charge in [0.2, 0.25) is 5.91 Å². The Hall–Kier alpha value is -2.54. The predicted molar refractivity (Wildman–Crippen MR) is 103 cm³/mol. The molecule has 0 bridgehead atoms. The zero-order valence-electron chi connectivity index (χ0n) is 13.3. The number of H-pyrrole nitrogens is 2. The van der Waals surface area contributed by atoms with Crippen molar-refractivity contribution in [2.75, 3.05) is 11.1 Å². The Labute approximate surface area is 160 Å². The number of rotatable bonds is 4. The van der Waals surface area contributed by atoms with Crippen molar-refractivity contribution in [1.29, 1.82) is 5.26 Å². The Morgan fingerprint density at radius 2 is 2.15 bits per heavy atom. The fourth-order valence-corrected chi connectivity index (χ4v) is 4.50. The Morgan fingerprint density at radius 3 is 2.85 bits per heavy atom. The lowest BCUT2D eigenvalue weighted by molar-refractivity contribution is -0.113. The molecular weight excluding hydrogens is 396 g/mol. The quantitative estimate of drug-likeness (QED) is 0.575. The third-order valence-electron chi connectivity index (χ3n) is 3.45. The number of benzene rings is 1. The van der Waals surface area contributed by atoms with Crippen LogP contribution < -0.4 is 16.6 Å². The molecule has 0 fully saturated rings. The number of thioether (sulfide) groups is 1. The molecule has 3 rings (SSSR count). The lowest BCUT2D eigenvalue weighted by Gasteiger charge is -2.06. The van der Waals surface area contributed by atoms with Crippen molar-refractivity contribution in [3.63, 3.8) is 0 Å². The molecule has 0 atom stereocenters. The number of aromatic nitrogens is 2. The lowest BCUT2D eigenvalue weighted by Crippen LogP contribution is -2.20. The first-order valence-corrected chi connectivity index (χ1v) is 9.45. The summed E-state index contributed by atoms with van der Waals surface area (Å²) in [6, 6.07) is 7.18. The largest absolute Gasteiger partial charge is 0.326 e. The molecule has 0 saturated heterocycles. The number of nitriles is 1. The first kappa shape index (κ1) is 18.3. The van der Waals surface area contributed by atoms with Gasteiger partial charge in [-0.1, -0.05) is 17.7 Å². The van der Waals surface area contributed by atoms with Crippen molar-refractivity contribution >= 4 is 56.5 Å². The van der Waals surface area contributed by atoms with Gasteiger partial charge in [-0.15, -0.1) is 23.1 Å². The van der Waals surface area contributed by atoms with E-state index >= 15 is 0 Å². The molecule has 3 aromatic rings. The van der Waals surface area contributed by atoms with Crippen molar-refractivity contribution in [3.8, 4) is 6.07 Å². The summed E-state index contributed by atoms with van der Waals surface area (Å²) in [5, 5.41) is 12.6. The molecule has 26 heavy (non-hydrogen) atoms. The first-order valence-electron chi connectivity index (χ1n) is 7.27. The normalized spacial score (nSPS) is 10.7. The summed E-state index contributed by atoms with van der Waals surface area (Å²) in [7, 11) is 0. The number of nitrogens with zero attached hydrogens (tertiary/aromatic N) is 1. The number of fused-ring (bicyclic) bond motifs is 1. The molecule has 0 spiro atoms. The maximum absolute atomic E-state index is 12.1. The standard InChI is InChI=1S/C16H11ClN4O3S2/c1-7-2-3-8(4-10(7)17)19-11(22)6-25-15-9(5-18)12-13(26-15)14(23)21-16(24)20-12/h2-4H,6H2,1H3,(H,19,22)(H2,20,21,23,24). The van der Waals surface area contributed by atoms with Crippen LogP contribution in [0.25, 0.3) is 10.2 Å². The van der Waals surface area contributed by atoms with Crippen molar-refractivity contribution in [1.82, 2.24) is 9.97 Å². The van der Waals surface area contributed by atoms with Gasteiger partial charge in [0.15, 0.2) is 0 Å². The van der Waals surface area contributed by atoms with E-state index < -0.39 is 11.2 Å². The highest BCUT2D eigenvalue weighted by Gasteiger charge is 2.17. The van der Waals surface area contributed by atoms with Crippen LogP contribution >= 0.6 is 34.7 Å². The van der Waals surface area contributed by atoms with Gasteiger partial charge in [0.1, 0.15) is 16.3 Å². The number of hydrogen-bond acceptors (Lipinski definition) is 6. The SMILES string of the molecule is Cc1ccc(NC(=O)CSc2sc3c(=O)[nH]c(=O)[nH]c3c2C#N)cc1Cl. The Morgan fingerprint density at radius 1 is 1.38 bits per heavy atom. The first-order chi connectivity index (χ1) is 12.4. The zero-order chi connectivity index (χ0) is 18.8. The predicted octanol–water partition coefficient (Wildman–Crippen LogP) is 2.84. The van der Waals surface area contributed by atoms with Gasteiger partial charge in [0.25, 0.3) is 5.56 Å². The average molecular weight is 407 g/mol. The van der Waals surface area contributed by atoms with Crippen LogP contribution in [0.1, 0.15) is 11.1 Å². The summed E-state index contributed by atoms with van der Waals surface area (Å²) in [5.74, 6) is -0.242. The number of hydrogen-bond donors (Lipinski definition) is 3. The van der Waals surface area contributed by atoms with Gasteiger partial charge in [-0.25, -0.2) is 4.79 Å². The number of anilines is 1. The molecule has 2 heterocycles. The molecule has 0 aliphatic heterocycles. The number of aryl methyl sites for hydroxylation is 1. The second-order valence-electron chi connectivity index (χ2n) is 5.29. The molecule has 2 aromatic heterocycles. The molecule has 0 saturated carbocycles. The fraction of sp³-hybridized carbons (Fsp3) is 0.125. The van der Waals surface area contributed by atoms with Crippen LogP contribution in [0.2, 0.25) is 5.02 Å². The fourth-order valence-electron chi connectivity index (χ4n) is 2.20. The Bertz CT molecular complexity index is 1170. The summed E-state index contributed by atoms with van der Waals surface area (Å²) in [4.78, 5) is 40.0. The van der Waals surface area contributed by atoms with E-state index in [1.165, 1.54) is 0 Å². The van der Waals surface area contributed by atoms with E-state index in [0.29, 0.717) is 14.9 Å². The van der Waals surface area contributed by atoms with Crippen LogP contribution in [-0.2, 0) is 4.79 Å². The molecule has 1 amide bonds. The summed E-state index contributed by atoms with van der Waals surface area (Å²) in [6.45, 7) is 1.86. The van der Waals surface area contributed by atoms with Crippen LogP contribution in [0.3, 0.4) is 0 Å². The third kappa shape index (κ3) is 3.67. The van der Waals surface area contributed by atoms with E-state index in [4.69, 9.17) is 11.6 Å².